The Morgan fingerprint density at radius 2 is 1.85 bits per heavy atom. The summed E-state index contributed by atoms with van der Waals surface area (Å²) < 4.78 is 5.62. The van der Waals surface area contributed by atoms with Crippen molar-refractivity contribution in [2.75, 3.05) is 4.90 Å². The maximum atomic E-state index is 12.8. The molecule has 1 N–H and O–H groups in total. The average molecular weight is 353 g/mol. The van der Waals surface area contributed by atoms with Gasteiger partial charge in [0.2, 0.25) is 0 Å². The summed E-state index contributed by atoms with van der Waals surface area (Å²) >= 11 is 0. The first-order valence-corrected chi connectivity index (χ1v) is 8.75. The van der Waals surface area contributed by atoms with Gasteiger partial charge in [0.15, 0.2) is 0 Å². The summed E-state index contributed by atoms with van der Waals surface area (Å²) in [4.78, 5) is 25.6. The molecule has 5 nitrogen and oxygen atoms in total. The molecule has 2 aromatic carbocycles. The largest absolute Gasteiger partial charge is 0.481 e. The monoisotopic (exact) mass is 353 g/mol. The average Bonchev–Trinajstić information content (AvgIpc) is 2.95. The molecule has 1 heterocycles. The molecule has 0 bridgehead atoms. The first-order chi connectivity index (χ1) is 12.4. The van der Waals surface area contributed by atoms with E-state index in [4.69, 9.17) is 9.84 Å². The third kappa shape index (κ3) is 3.63. The van der Waals surface area contributed by atoms with Crippen LogP contribution in [0.3, 0.4) is 0 Å². The van der Waals surface area contributed by atoms with Crippen LogP contribution < -0.4 is 4.90 Å². The Labute approximate surface area is 153 Å². The molecule has 1 atom stereocenters. The number of carboxylic acids is 1. The van der Waals surface area contributed by atoms with Crippen molar-refractivity contribution >= 4 is 17.6 Å². The van der Waals surface area contributed by atoms with E-state index in [1.54, 1.807) is 36.1 Å². The van der Waals surface area contributed by atoms with Crippen molar-refractivity contribution in [3.8, 4) is 0 Å². The number of ether oxygens (including phenoxy) is 1. The molecule has 136 valence electrons. The van der Waals surface area contributed by atoms with E-state index in [0.717, 1.165) is 22.4 Å². The third-order valence-corrected chi connectivity index (χ3v) is 4.64. The van der Waals surface area contributed by atoms with E-state index >= 15 is 0 Å². The first kappa shape index (κ1) is 18.1. The van der Waals surface area contributed by atoms with Crippen molar-refractivity contribution < 1.29 is 19.4 Å². The fourth-order valence-corrected chi connectivity index (χ4v) is 2.99. The van der Waals surface area contributed by atoms with Gasteiger partial charge in [-0.05, 0) is 55.7 Å². The van der Waals surface area contributed by atoms with E-state index in [2.05, 4.69) is 0 Å². The topological polar surface area (TPSA) is 66.8 Å². The van der Waals surface area contributed by atoms with Crippen LogP contribution in [0.5, 0.6) is 0 Å². The van der Waals surface area contributed by atoms with Crippen LogP contribution in [0, 0.1) is 0 Å². The summed E-state index contributed by atoms with van der Waals surface area (Å²) in [6.45, 7) is 6.62. The second-order valence-corrected chi connectivity index (χ2v) is 6.89. The molecule has 3 rings (SSSR count). The van der Waals surface area contributed by atoms with Gasteiger partial charge >= 0.3 is 5.97 Å². The number of amides is 1. The Bertz CT molecular complexity index is 826. The fourth-order valence-electron chi connectivity index (χ4n) is 2.99. The minimum absolute atomic E-state index is 0.0366. The minimum Gasteiger partial charge on any atom is -0.481 e. The maximum Gasteiger partial charge on any atom is 0.310 e. The van der Waals surface area contributed by atoms with Gasteiger partial charge in [-0.2, -0.15) is 0 Å². The second-order valence-electron chi connectivity index (χ2n) is 6.89. The molecule has 1 aliphatic rings. The van der Waals surface area contributed by atoms with Crippen molar-refractivity contribution in [1.29, 1.82) is 0 Å². The zero-order valence-electron chi connectivity index (χ0n) is 15.2. The zero-order chi connectivity index (χ0) is 18.8. The number of hydrogen-bond donors (Lipinski definition) is 1. The van der Waals surface area contributed by atoms with Gasteiger partial charge < -0.3 is 14.7 Å². The molecular weight excluding hydrogens is 330 g/mol. The van der Waals surface area contributed by atoms with Crippen LogP contribution in [-0.2, 0) is 22.7 Å². The Kier molecular flexibility index (Phi) is 5.09. The number of fused-ring (bicyclic) bond motifs is 1. The molecule has 1 aliphatic heterocycles. The molecule has 2 aromatic rings. The van der Waals surface area contributed by atoms with Crippen LogP contribution in [-0.4, -0.2) is 23.1 Å². The number of nitrogens with zero attached hydrogens (tertiary/aromatic N) is 1. The standard InChI is InChI=1S/C21H23NO4/c1-13(2)26-12-15-4-5-17-11-22(20(23)19(17)10-15)18-8-6-16(7-9-18)14(3)21(24)25/h4-10,13-14H,11-12H2,1-3H3,(H,24,25). The van der Waals surface area contributed by atoms with E-state index in [-0.39, 0.29) is 12.0 Å². The summed E-state index contributed by atoms with van der Waals surface area (Å²) in [6.07, 6.45) is 0.141. The van der Waals surface area contributed by atoms with Crippen molar-refractivity contribution in [2.45, 2.75) is 45.9 Å². The van der Waals surface area contributed by atoms with Crippen LogP contribution in [0.2, 0.25) is 0 Å². The molecule has 1 unspecified atom stereocenters. The molecule has 26 heavy (non-hydrogen) atoms. The van der Waals surface area contributed by atoms with Crippen molar-refractivity contribution in [2.24, 2.45) is 0 Å². The molecule has 0 spiro atoms. The molecule has 0 saturated carbocycles. The Morgan fingerprint density at radius 1 is 1.15 bits per heavy atom. The molecule has 5 heteroatoms. The number of carboxylic acid groups (broad SMARTS) is 1. The van der Waals surface area contributed by atoms with Crippen LogP contribution >= 0.6 is 0 Å². The van der Waals surface area contributed by atoms with E-state index < -0.39 is 11.9 Å². The van der Waals surface area contributed by atoms with E-state index in [0.29, 0.717) is 18.7 Å². The van der Waals surface area contributed by atoms with Crippen molar-refractivity contribution in [3.05, 3.63) is 64.7 Å². The van der Waals surface area contributed by atoms with Gasteiger partial charge in [-0.15, -0.1) is 0 Å². The number of hydrogen-bond acceptors (Lipinski definition) is 3. The number of carbonyl (C=O) groups is 2. The summed E-state index contributed by atoms with van der Waals surface area (Å²) in [5.41, 5.74) is 4.17. The van der Waals surface area contributed by atoms with E-state index in [1.165, 1.54) is 0 Å². The molecule has 0 radical (unpaired) electrons. The highest BCUT2D eigenvalue weighted by Gasteiger charge is 2.28. The summed E-state index contributed by atoms with van der Waals surface area (Å²) in [6, 6.07) is 13.0. The predicted molar refractivity (Wildman–Crippen MR) is 99.4 cm³/mol. The van der Waals surface area contributed by atoms with Crippen molar-refractivity contribution in [1.82, 2.24) is 0 Å². The number of rotatable bonds is 6. The maximum absolute atomic E-state index is 12.8. The molecule has 0 fully saturated rings. The Morgan fingerprint density at radius 3 is 2.46 bits per heavy atom. The number of benzene rings is 2. The molecule has 1 amide bonds. The lowest BCUT2D eigenvalue weighted by Gasteiger charge is -2.17. The second kappa shape index (κ2) is 7.30. The summed E-state index contributed by atoms with van der Waals surface area (Å²) in [5.74, 6) is -1.47. The zero-order valence-corrected chi connectivity index (χ0v) is 15.2. The summed E-state index contributed by atoms with van der Waals surface area (Å²) in [7, 11) is 0. The van der Waals surface area contributed by atoms with Crippen LogP contribution in [0.1, 0.15) is 53.7 Å². The van der Waals surface area contributed by atoms with Crippen LogP contribution in [0.25, 0.3) is 0 Å². The highest BCUT2D eigenvalue weighted by molar-refractivity contribution is 6.10. The number of carbonyl (C=O) groups excluding carboxylic acids is 1. The van der Waals surface area contributed by atoms with Crippen LogP contribution in [0.15, 0.2) is 42.5 Å². The number of anilines is 1. The normalized spacial score (nSPS) is 14.6. The molecule has 0 saturated heterocycles. The fraction of sp³-hybridized carbons (Fsp3) is 0.333. The molecule has 0 aliphatic carbocycles. The first-order valence-electron chi connectivity index (χ1n) is 8.75. The van der Waals surface area contributed by atoms with E-state index in [9.17, 15) is 9.59 Å². The Balaban J connectivity index is 1.78. The van der Waals surface area contributed by atoms with Crippen molar-refractivity contribution in [3.63, 3.8) is 0 Å². The lowest BCUT2D eigenvalue weighted by Crippen LogP contribution is -2.23. The van der Waals surface area contributed by atoms with Gasteiger partial charge in [0.1, 0.15) is 0 Å². The van der Waals surface area contributed by atoms with Gasteiger partial charge in [-0.3, -0.25) is 9.59 Å². The predicted octanol–water partition coefficient (Wildman–Crippen LogP) is 3.96. The Hall–Kier alpha value is -2.66. The lowest BCUT2D eigenvalue weighted by atomic mass is 10.0. The smallest absolute Gasteiger partial charge is 0.310 e. The number of aliphatic carboxylic acids is 1. The van der Waals surface area contributed by atoms with Gasteiger partial charge in [0.05, 0.1) is 25.2 Å². The van der Waals surface area contributed by atoms with Gasteiger partial charge in [-0.25, -0.2) is 0 Å². The highest BCUT2D eigenvalue weighted by atomic mass is 16.5. The van der Waals surface area contributed by atoms with Crippen LogP contribution in [0.4, 0.5) is 5.69 Å². The molecular formula is C21H23NO4. The van der Waals surface area contributed by atoms with Gasteiger partial charge in [0.25, 0.3) is 5.91 Å². The quantitative estimate of drug-likeness (QED) is 0.853. The SMILES string of the molecule is CC(C)OCc1ccc2c(c1)C(=O)N(c1ccc(C(C)C(=O)O)cc1)C2. The van der Waals surface area contributed by atoms with Gasteiger partial charge in [-0.1, -0.05) is 24.3 Å². The van der Waals surface area contributed by atoms with E-state index in [1.807, 2.05) is 32.0 Å². The van der Waals surface area contributed by atoms with Gasteiger partial charge in [0, 0.05) is 11.3 Å². The minimum atomic E-state index is -0.862. The highest BCUT2D eigenvalue weighted by Crippen LogP contribution is 2.30. The molecule has 0 aromatic heterocycles. The summed E-state index contributed by atoms with van der Waals surface area (Å²) in [5, 5.41) is 9.11. The lowest BCUT2D eigenvalue weighted by molar-refractivity contribution is -0.138. The third-order valence-electron chi connectivity index (χ3n) is 4.64.